The van der Waals surface area contributed by atoms with Crippen LogP contribution < -0.4 is 5.32 Å². The van der Waals surface area contributed by atoms with Gasteiger partial charge in [-0.05, 0) is 43.7 Å². The van der Waals surface area contributed by atoms with Crippen molar-refractivity contribution in [2.45, 2.75) is 19.4 Å². The summed E-state index contributed by atoms with van der Waals surface area (Å²) < 4.78 is 41.3. The van der Waals surface area contributed by atoms with Gasteiger partial charge < -0.3 is 5.32 Å². The molecule has 0 saturated carbocycles. The zero-order chi connectivity index (χ0) is 18.1. The van der Waals surface area contributed by atoms with Gasteiger partial charge in [0.1, 0.15) is 22.3 Å². The van der Waals surface area contributed by atoms with E-state index in [1.807, 2.05) is 0 Å². The predicted octanol–water partition coefficient (Wildman–Crippen LogP) is 5.33. The summed E-state index contributed by atoms with van der Waals surface area (Å²) in [4.78, 5) is 12.7. The summed E-state index contributed by atoms with van der Waals surface area (Å²) in [5.41, 5.74) is -0.0835. The monoisotopic (exact) mass is 383 g/mol. The average molecular weight is 384 g/mol. The van der Waals surface area contributed by atoms with Crippen molar-refractivity contribution in [1.29, 1.82) is 0 Å². The molecule has 25 heavy (non-hydrogen) atoms. The molecule has 0 spiro atoms. The van der Waals surface area contributed by atoms with Crippen molar-refractivity contribution in [1.82, 2.24) is 5.32 Å². The van der Waals surface area contributed by atoms with E-state index in [4.69, 9.17) is 11.6 Å². The summed E-state index contributed by atoms with van der Waals surface area (Å²) in [6.45, 7) is 1.64. The summed E-state index contributed by atoms with van der Waals surface area (Å²) in [7, 11) is 0. The van der Waals surface area contributed by atoms with Crippen molar-refractivity contribution in [3.05, 3.63) is 69.3 Å². The van der Waals surface area contributed by atoms with Crippen LogP contribution in [0.15, 0.2) is 36.4 Å². The number of thiophene rings is 1. The van der Waals surface area contributed by atoms with E-state index in [1.54, 1.807) is 6.92 Å². The van der Waals surface area contributed by atoms with Gasteiger partial charge >= 0.3 is 0 Å². The van der Waals surface area contributed by atoms with Crippen LogP contribution >= 0.6 is 22.9 Å². The third-order valence-corrected chi connectivity index (χ3v) is 5.40. The minimum Gasteiger partial charge on any atom is -0.349 e. The van der Waals surface area contributed by atoms with E-state index in [1.165, 1.54) is 36.4 Å². The van der Waals surface area contributed by atoms with Gasteiger partial charge in [0.05, 0.1) is 5.02 Å². The van der Waals surface area contributed by atoms with Gasteiger partial charge in [-0.1, -0.05) is 17.7 Å². The SMILES string of the molecule is CC(Cc1c(F)cccc1F)NC(=O)c1sc2cc(F)ccc2c1Cl. The molecule has 0 fully saturated rings. The highest BCUT2D eigenvalue weighted by atomic mass is 35.5. The molecule has 2 aromatic carbocycles. The smallest absolute Gasteiger partial charge is 0.263 e. The van der Waals surface area contributed by atoms with E-state index in [0.717, 1.165) is 11.3 Å². The fraction of sp³-hybridized carbons (Fsp3) is 0.167. The van der Waals surface area contributed by atoms with Crippen molar-refractivity contribution in [3.63, 3.8) is 0 Å². The number of amides is 1. The van der Waals surface area contributed by atoms with Crippen molar-refractivity contribution < 1.29 is 18.0 Å². The topological polar surface area (TPSA) is 29.1 Å². The molecule has 0 radical (unpaired) electrons. The molecule has 0 bridgehead atoms. The number of hydrogen-bond donors (Lipinski definition) is 1. The molecule has 1 aromatic heterocycles. The molecule has 3 aromatic rings. The first-order valence-corrected chi connectivity index (χ1v) is 8.67. The Kier molecular flexibility index (Phi) is 5.01. The number of nitrogens with one attached hydrogen (secondary N) is 1. The number of carbonyl (C=O) groups excluding carboxylic acids is 1. The van der Waals surface area contributed by atoms with Crippen LogP contribution in [0.1, 0.15) is 22.2 Å². The Balaban J connectivity index is 1.79. The molecule has 0 aliphatic rings. The van der Waals surface area contributed by atoms with Gasteiger partial charge in [0, 0.05) is 21.7 Å². The number of fused-ring (bicyclic) bond motifs is 1. The van der Waals surface area contributed by atoms with Crippen LogP contribution in [0.2, 0.25) is 5.02 Å². The molecule has 1 amide bonds. The molecule has 1 atom stereocenters. The maximum absolute atomic E-state index is 13.7. The second-order valence-electron chi connectivity index (χ2n) is 5.66. The Bertz CT molecular complexity index is 937. The Hall–Kier alpha value is -2.05. The van der Waals surface area contributed by atoms with Crippen LogP contribution in [0.4, 0.5) is 13.2 Å². The number of halogens is 4. The fourth-order valence-corrected chi connectivity index (χ4v) is 4.00. The quantitative estimate of drug-likeness (QED) is 0.648. The first-order valence-electron chi connectivity index (χ1n) is 7.48. The van der Waals surface area contributed by atoms with E-state index in [0.29, 0.717) is 10.1 Å². The Morgan fingerprint density at radius 3 is 2.56 bits per heavy atom. The van der Waals surface area contributed by atoms with E-state index in [2.05, 4.69) is 5.32 Å². The van der Waals surface area contributed by atoms with Gasteiger partial charge in [-0.2, -0.15) is 0 Å². The van der Waals surface area contributed by atoms with Crippen molar-refractivity contribution in [2.24, 2.45) is 0 Å². The fourth-order valence-electron chi connectivity index (χ4n) is 2.56. The van der Waals surface area contributed by atoms with E-state index < -0.39 is 29.4 Å². The van der Waals surface area contributed by atoms with E-state index in [-0.39, 0.29) is 21.9 Å². The summed E-state index contributed by atoms with van der Waals surface area (Å²) in [5.74, 6) is -2.19. The van der Waals surface area contributed by atoms with Gasteiger partial charge in [0.25, 0.3) is 5.91 Å². The lowest BCUT2D eigenvalue weighted by atomic mass is 10.1. The summed E-state index contributed by atoms with van der Waals surface area (Å²) >= 11 is 7.27. The standard InChI is InChI=1S/C18H13ClF3NOS/c1-9(7-12-13(21)3-2-4-14(12)22)23-18(24)17-16(19)11-6-5-10(20)8-15(11)25-17/h2-6,8-9H,7H2,1H3,(H,23,24). The number of hydrogen-bond acceptors (Lipinski definition) is 2. The Labute approximate surface area is 151 Å². The Morgan fingerprint density at radius 2 is 1.88 bits per heavy atom. The van der Waals surface area contributed by atoms with Gasteiger partial charge in [0.15, 0.2) is 0 Å². The molecule has 1 heterocycles. The largest absolute Gasteiger partial charge is 0.349 e. The number of carbonyl (C=O) groups is 1. The van der Waals surface area contributed by atoms with Crippen molar-refractivity contribution in [2.75, 3.05) is 0 Å². The van der Waals surface area contributed by atoms with Crippen molar-refractivity contribution in [3.8, 4) is 0 Å². The zero-order valence-electron chi connectivity index (χ0n) is 13.1. The second kappa shape index (κ2) is 7.06. The third kappa shape index (κ3) is 3.65. The lowest BCUT2D eigenvalue weighted by Gasteiger charge is -2.14. The molecular formula is C18H13ClF3NOS. The zero-order valence-corrected chi connectivity index (χ0v) is 14.6. The highest BCUT2D eigenvalue weighted by molar-refractivity contribution is 7.21. The summed E-state index contributed by atoms with van der Waals surface area (Å²) in [6.07, 6.45) is 0.00138. The predicted molar refractivity (Wildman–Crippen MR) is 93.8 cm³/mol. The van der Waals surface area contributed by atoms with E-state index >= 15 is 0 Å². The molecule has 0 saturated heterocycles. The van der Waals surface area contributed by atoms with Crippen LogP contribution in [-0.4, -0.2) is 11.9 Å². The first kappa shape index (κ1) is 17.8. The highest BCUT2D eigenvalue weighted by Gasteiger charge is 2.20. The molecule has 2 nitrogen and oxygen atoms in total. The van der Waals surface area contributed by atoms with Crippen LogP contribution in [0, 0.1) is 17.5 Å². The molecular weight excluding hydrogens is 371 g/mol. The average Bonchev–Trinajstić information content (AvgIpc) is 2.87. The van der Waals surface area contributed by atoms with E-state index in [9.17, 15) is 18.0 Å². The second-order valence-corrected chi connectivity index (χ2v) is 7.09. The molecule has 130 valence electrons. The summed E-state index contributed by atoms with van der Waals surface area (Å²) in [5, 5.41) is 3.50. The van der Waals surface area contributed by atoms with Crippen LogP contribution in [0.25, 0.3) is 10.1 Å². The van der Waals surface area contributed by atoms with Gasteiger partial charge in [0.2, 0.25) is 0 Å². The lowest BCUT2D eigenvalue weighted by molar-refractivity contribution is 0.0944. The van der Waals surface area contributed by atoms with Crippen LogP contribution in [0.3, 0.4) is 0 Å². The lowest BCUT2D eigenvalue weighted by Crippen LogP contribution is -2.34. The molecule has 1 unspecified atom stereocenters. The molecule has 0 aliphatic carbocycles. The highest BCUT2D eigenvalue weighted by Crippen LogP contribution is 2.35. The van der Waals surface area contributed by atoms with Crippen molar-refractivity contribution >= 4 is 38.9 Å². The maximum atomic E-state index is 13.7. The third-order valence-electron chi connectivity index (χ3n) is 3.75. The first-order chi connectivity index (χ1) is 11.9. The number of rotatable bonds is 4. The van der Waals surface area contributed by atoms with Gasteiger partial charge in [-0.25, -0.2) is 13.2 Å². The van der Waals surface area contributed by atoms with Gasteiger partial charge in [-0.3, -0.25) is 4.79 Å². The molecule has 7 heteroatoms. The maximum Gasteiger partial charge on any atom is 0.263 e. The van der Waals surface area contributed by atoms with Crippen LogP contribution in [0.5, 0.6) is 0 Å². The molecule has 1 N–H and O–H groups in total. The minimum absolute atomic E-state index is 0.00138. The summed E-state index contributed by atoms with van der Waals surface area (Å²) in [6, 6.07) is 7.20. The molecule has 3 rings (SSSR count). The Morgan fingerprint density at radius 1 is 1.20 bits per heavy atom. The number of benzene rings is 2. The normalized spacial score (nSPS) is 12.4. The minimum atomic E-state index is -0.656. The van der Waals surface area contributed by atoms with Crippen LogP contribution in [-0.2, 0) is 6.42 Å². The van der Waals surface area contributed by atoms with Gasteiger partial charge in [-0.15, -0.1) is 11.3 Å². The molecule has 0 aliphatic heterocycles.